The lowest BCUT2D eigenvalue weighted by atomic mass is 9.67. The topological polar surface area (TPSA) is 25.8 Å². The second-order valence-electron chi connectivity index (χ2n) is 18.5. The Morgan fingerprint density at radius 2 is 0.794 bits per heavy atom. The van der Waals surface area contributed by atoms with Crippen molar-refractivity contribution in [1.82, 2.24) is 9.97 Å². The average Bonchev–Trinajstić information content (AvgIpc) is 3.74. The monoisotopic (exact) mass is 808 g/mol. The van der Waals surface area contributed by atoms with Crippen molar-refractivity contribution in [2.24, 2.45) is 0 Å². The molecule has 63 heavy (non-hydrogen) atoms. The summed E-state index contributed by atoms with van der Waals surface area (Å²) < 4.78 is 0. The Bertz CT molecular complexity index is 3210. The van der Waals surface area contributed by atoms with Gasteiger partial charge in [-0.05, 0) is 127 Å². The zero-order valence-electron chi connectivity index (χ0n) is 35.9. The van der Waals surface area contributed by atoms with E-state index in [1.54, 1.807) is 11.1 Å². The SMILES string of the molecule is CC1(C)c2cc(-c3cccc(-c4cccc(-c5cc(-c6ccc(-c7ccccc7)cc6)nc(-c6ccccc6)n5)c4)c3)ccc2-c2cc3c(cc21)-c1ccccc1C31CCCCC1. The van der Waals surface area contributed by atoms with Crippen molar-refractivity contribution in [2.75, 3.05) is 0 Å². The molecular weight excluding hydrogens is 761 g/mol. The largest absolute Gasteiger partial charge is 0.228 e. The molecule has 1 aromatic heterocycles. The first kappa shape index (κ1) is 37.6. The molecule has 3 aliphatic carbocycles. The number of benzene rings is 8. The molecule has 0 N–H and O–H groups in total. The van der Waals surface area contributed by atoms with E-state index >= 15 is 0 Å². The highest BCUT2D eigenvalue weighted by atomic mass is 14.9. The predicted molar refractivity (Wildman–Crippen MR) is 262 cm³/mol. The van der Waals surface area contributed by atoms with Crippen molar-refractivity contribution in [2.45, 2.75) is 56.8 Å². The molecule has 1 spiro atoms. The maximum Gasteiger partial charge on any atom is 0.160 e. The molecule has 3 aliphatic rings. The number of nitrogens with zero attached hydrogens (tertiary/aromatic N) is 2. The van der Waals surface area contributed by atoms with Gasteiger partial charge in [-0.2, -0.15) is 0 Å². The summed E-state index contributed by atoms with van der Waals surface area (Å²) in [7, 11) is 0. The lowest BCUT2D eigenvalue weighted by Gasteiger charge is -2.36. The van der Waals surface area contributed by atoms with Crippen molar-refractivity contribution in [3.63, 3.8) is 0 Å². The van der Waals surface area contributed by atoms with Gasteiger partial charge in [-0.15, -0.1) is 0 Å². The maximum atomic E-state index is 5.17. The van der Waals surface area contributed by atoms with Gasteiger partial charge in [0.1, 0.15) is 0 Å². The van der Waals surface area contributed by atoms with Gasteiger partial charge in [0.05, 0.1) is 11.4 Å². The van der Waals surface area contributed by atoms with Crippen molar-refractivity contribution in [1.29, 1.82) is 0 Å². The summed E-state index contributed by atoms with van der Waals surface area (Å²) in [5.74, 6) is 0.715. The molecule has 0 atom stereocenters. The highest BCUT2D eigenvalue weighted by Crippen LogP contribution is 2.60. The summed E-state index contributed by atoms with van der Waals surface area (Å²) in [5, 5.41) is 0. The summed E-state index contributed by atoms with van der Waals surface area (Å²) in [4.78, 5) is 10.3. The van der Waals surface area contributed by atoms with Gasteiger partial charge in [-0.25, -0.2) is 9.97 Å². The molecule has 0 amide bonds. The van der Waals surface area contributed by atoms with Crippen molar-refractivity contribution >= 4 is 0 Å². The number of aromatic nitrogens is 2. The Morgan fingerprint density at radius 1 is 0.317 bits per heavy atom. The highest BCUT2D eigenvalue weighted by Gasteiger charge is 2.46. The smallest absolute Gasteiger partial charge is 0.160 e. The molecule has 0 aliphatic heterocycles. The number of hydrogen-bond donors (Lipinski definition) is 0. The quantitative estimate of drug-likeness (QED) is 0.167. The van der Waals surface area contributed by atoms with Crippen molar-refractivity contribution in [3.05, 3.63) is 216 Å². The highest BCUT2D eigenvalue weighted by molar-refractivity contribution is 5.91. The minimum atomic E-state index is -0.113. The van der Waals surface area contributed by atoms with E-state index in [4.69, 9.17) is 9.97 Å². The van der Waals surface area contributed by atoms with Crippen LogP contribution in [0.25, 0.3) is 89.5 Å². The first-order valence-electron chi connectivity index (χ1n) is 22.7. The Balaban J connectivity index is 0.890. The molecule has 0 unspecified atom stereocenters. The summed E-state index contributed by atoms with van der Waals surface area (Å²) >= 11 is 0. The van der Waals surface area contributed by atoms with Crippen LogP contribution in [0.1, 0.15) is 68.2 Å². The van der Waals surface area contributed by atoms with Crippen LogP contribution in [-0.4, -0.2) is 9.97 Å². The molecule has 1 heterocycles. The van der Waals surface area contributed by atoms with E-state index in [-0.39, 0.29) is 10.8 Å². The van der Waals surface area contributed by atoms with Gasteiger partial charge in [0, 0.05) is 27.5 Å². The van der Waals surface area contributed by atoms with Crippen LogP contribution >= 0.6 is 0 Å². The fourth-order valence-corrected chi connectivity index (χ4v) is 11.2. The third-order valence-electron chi connectivity index (χ3n) is 14.5. The fraction of sp³-hybridized carbons (Fsp3) is 0.148. The minimum Gasteiger partial charge on any atom is -0.228 e. The number of rotatable bonds is 6. The zero-order chi connectivity index (χ0) is 42.1. The maximum absolute atomic E-state index is 5.17. The van der Waals surface area contributed by atoms with Crippen LogP contribution in [0.15, 0.2) is 194 Å². The third kappa shape index (κ3) is 6.22. The first-order valence-corrected chi connectivity index (χ1v) is 22.7. The van der Waals surface area contributed by atoms with Crippen LogP contribution in [0.2, 0.25) is 0 Å². The molecule has 2 nitrogen and oxygen atoms in total. The average molecular weight is 809 g/mol. The fourth-order valence-electron chi connectivity index (χ4n) is 11.2. The molecule has 0 radical (unpaired) electrons. The molecule has 8 aromatic carbocycles. The van der Waals surface area contributed by atoms with Crippen LogP contribution in [0, 0.1) is 0 Å². The van der Waals surface area contributed by atoms with Crippen LogP contribution in [-0.2, 0) is 10.8 Å². The molecule has 1 fully saturated rings. The van der Waals surface area contributed by atoms with Crippen LogP contribution in [0.3, 0.4) is 0 Å². The Hall–Kier alpha value is -7.16. The lowest BCUT2D eigenvalue weighted by molar-refractivity contribution is 0.353. The number of fused-ring (bicyclic) bond motifs is 8. The molecule has 12 rings (SSSR count). The summed E-state index contributed by atoms with van der Waals surface area (Å²) in [5.41, 5.74) is 23.9. The van der Waals surface area contributed by atoms with E-state index in [1.165, 1.54) is 93.3 Å². The molecule has 0 bridgehead atoms. The molecule has 1 saturated carbocycles. The van der Waals surface area contributed by atoms with Gasteiger partial charge in [0.15, 0.2) is 5.82 Å². The van der Waals surface area contributed by atoms with E-state index in [0.717, 1.165) is 33.6 Å². The molecule has 302 valence electrons. The van der Waals surface area contributed by atoms with Crippen LogP contribution < -0.4 is 0 Å². The normalized spacial score (nSPS) is 15.1. The van der Waals surface area contributed by atoms with Crippen molar-refractivity contribution < 1.29 is 0 Å². The van der Waals surface area contributed by atoms with Gasteiger partial charge in [-0.1, -0.05) is 191 Å². The van der Waals surface area contributed by atoms with E-state index in [2.05, 4.69) is 190 Å². The van der Waals surface area contributed by atoms with Crippen LogP contribution in [0.4, 0.5) is 0 Å². The van der Waals surface area contributed by atoms with E-state index in [1.807, 2.05) is 18.2 Å². The summed E-state index contributed by atoms with van der Waals surface area (Å²) in [6, 6.07) is 71.2. The Morgan fingerprint density at radius 3 is 1.51 bits per heavy atom. The van der Waals surface area contributed by atoms with Gasteiger partial charge in [0.25, 0.3) is 0 Å². The number of hydrogen-bond acceptors (Lipinski definition) is 2. The standard InChI is InChI=1S/C61H48N2/c1-60(2)54-36-47(30-31-50(54)51-38-56-52(37-55(51)60)49-24-10-11-25-53(49)61(56)32-12-5-13-33-61)45-21-14-20-44(34-45)46-22-15-23-48(35-46)58-39-57(62-59(63-58)43-18-8-4-9-19-43)42-28-26-41(27-29-42)40-16-6-3-7-17-40/h3-4,6-11,14-31,34-39H,5,12-13,32-33H2,1-2H3. The molecule has 9 aromatic rings. The second kappa shape index (κ2) is 14.7. The van der Waals surface area contributed by atoms with E-state index in [0.29, 0.717) is 5.82 Å². The predicted octanol–water partition coefficient (Wildman–Crippen LogP) is 16.0. The summed E-state index contributed by atoms with van der Waals surface area (Å²) in [6.07, 6.45) is 6.47. The molecule has 0 saturated heterocycles. The van der Waals surface area contributed by atoms with Crippen LogP contribution in [0.5, 0.6) is 0 Å². The second-order valence-corrected chi connectivity index (χ2v) is 18.5. The van der Waals surface area contributed by atoms with E-state index < -0.39 is 0 Å². The zero-order valence-corrected chi connectivity index (χ0v) is 35.9. The molecule has 2 heteroatoms. The van der Waals surface area contributed by atoms with Gasteiger partial charge in [-0.3, -0.25) is 0 Å². The Kier molecular flexibility index (Phi) is 8.80. The van der Waals surface area contributed by atoms with E-state index in [9.17, 15) is 0 Å². The van der Waals surface area contributed by atoms with Crippen molar-refractivity contribution in [3.8, 4) is 89.5 Å². The Labute approximate surface area is 371 Å². The van der Waals surface area contributed by atoms with Gasteiger partial charge >= 0.3 is 0 Å². The van der Waals surface area contributed by atoms with Gasteiger partial charge < -0.3 is 0 Å². The summed E-state index contributed by atoms with van der Waals surface area (Å²) in [6.45, 7) is 4.85. The lowest BCUT2D eigenvalue weighted by Crippen LogP contribution is -2.28. The first-order chi connectivity index (χ1) is 30.9. The third-order valence-corrected chi connectivity index (χ3v) is 14.5. The van der Waals surface area contributed by atoms with Gasteiger partial charge in [0.2, 0.25) is 0 Å². The minimum absolute atomic E-state index is 0.113. The molecular formula is C61H48N2.